The van der Waals surface area contributed by atoms with Crippen LogP contribution in [0.25, 0.3) is 0 Å². The Morgan fingerprint density at radius 3 is 2.25 bits per heavy atom. The highest BCUT2D eigenvalue weighted by Gasteiger charge is 2.29. The molecular weight excluding hydrogens is 230 g/mol. The number of hydrogen-bond donors (Lipinski definition) is 2. The van der Waals surface area contributed by atoms with Gasteiger partial charge < -0.3 is 20.1 Å². The summed E-state index contributed by atoms with van der Waals surface area (Å²) in [6.45, 7) is 0. The fourth-order valence-corrected chi connectivity index (χ4v) is 1.69. The van der Waals surface area contributed by atoms with E-state index >= 15 is 0 Å². The number of ether oxygens (including phenoxy) is 2. The molecule has 0 saturated heterocycles. The molecule has 88 valence electrons. The monoisotopic (exact) mass is 243 g/mol. The molecule has 1 aliphatic rings. The molecule has 0 aliphatic carbocycles. The van der Waals surface area contributed by atoms with Gasteiger partial charge in [0.15, 0.2) is 24.1 Å². The van der Waals surface area contributed by atoms with Gasteiger partial charge in [-0.3, -0.25) is 0 Å². The summed E-state index contributed by atoms with van der Waals surface area (Å²) in [6, 6.07) is 0. The Morgan fingerprint density at radius 2 is 1.69 bits per heavy atom. The van der Waals surface area contributed by atoms with Crippen LogP contribution in [0.5, 0.6) is 0 Å². The summed E-state index contributed by atoms with van der Waals surface area (Å²) < 4.78 is 10.4. The fraction of sp³-hybridized carbons (Fsp3) is 0.625. The molecule has 2 rings (SSSR count). The molecule has 0 saturated carbocycles. The van der Waals surface area contributed by atoms with Crippen molar-refractivity contribution in [2.75, 3.05) is 31.1 Å². The van der Waals surface area contributed by atoms with Gasteiger partial charge >= 0.3 is 0 Å². The van der Waals surface area contributed by atoms with Gasteiger partial charge in [-0.1, -0.05) is 11.8 Å². The molecule has 7 nitrogen and oxygen atoms in total. The first-order chi connectivity index (χ1) is 7.78. The van der Waals surface area contributed by atoms with Crippen molar-refractivity contribution in [1.29, 1.82) is 0 Å². The summed E-state index contributed by atoms with van der Waals surface area (Å²) in [6.07, 6.45) is 1.28. The Kier molecular flexibility index (Phi) is 3.42. The minimum absolute atomic E-state index is 0.302. The Labute approximate surface area is 97.3 Å². The van der Waals surface area contributed by atoms with Gasteiger partial charge in [-0.25, -0.2) is 0 Å². The van der Waals surface area contributed by atoms with Crippen LogP contribution in [0.3, 0.4) is 0 Å². The predicted octanol–water partition coefficient (Wildman–Crippen LogP) is 0.376. The summed E-state index contributed by atoms with van der Waals surface area (Å²) in [5.41, 5.74) is 0. The number of nitrogens with zero attached hydrogens (tertiary/aromatic N) is 3. The largest absolute Gasteiger partial charge is 0.357 e. The van der Waals surface area contributed by atoms with E-state index in [-0.39, 0.29) is 12.5 Å². The van der Waals surface area contributed by atoms with Crippen LogP contribution in [0.4, 0.5) is 11.6 Å². The first-order valence-electron chi connectivity index (χ1n) is 4.66. The lowest BCUT2D eigenvalue weighted by molar-refractivity contribution is -0.00873. The minimum Gasteiger partial charge on any atom is -0.357 e. The van der Waals surface area contributed by atoms with Crippen LogP contribution in [-0.2, 0) is 9.47 Å². The number of thioether (sulfide) groups is 1. The summed E-state index contributed by atoms with van der Waals surface area (Å²) in [5.74, 6) is 1.19. The number of rotatable bonds is 3. The molecular formula is C8H13N5O2S. The third-order valence-electron chi connectivity index (χ3n) is 2.19. The van der Waals surface area contributed by atoms with Crippen LogP contribution >= 0.6 is 11.8 Å². The smallest absolute Gasteiger partial charge is 0.210 e. The van der Waals surface area contributed by atoms with E-state index in [0.29, 0.717) is 16.8 Å². The molecule has 2 N–H and O–H groups in total. The summed E-state index contributed by atoms with van der Waals surface area (Å²) in [5, 5.41) is 14.7. The quantitative estimate of drug-likeness (QED) is 0.737. The Bertz CT molecular complexity index is 377. The number of fused-ring (bicyclic) bond motifs is 1. The van der Waals surface area contributed by atoms with Crippen LogP contribution in [0.15, 0.2) is 5.16 Å². The van der Waals surface area contributed by atoms with E-state index in [1.54, 1.807) is 14.2 Å². The van der Waals surface area contributed by atoms with E-state index in [2.05, 4.69) is 25.8 Å². The van der Waals surface area contributed by atoms with E-state index in [4.69, 9.17) is 9.47 Å². The average molecular weight is 243 g/mol. The first-order valence-corrected chi connectivity index (χ1v) is 5.88. The van der Waals surface area contributed by atoms with Crippen molar-refractivity contribution in [3.05, 3.63) is 0 Å². The lowest BCUT2D eigenvalue weighted by atomic mass is 10.3. The molecule has 0 bridgehead atoms. The van der Waals surface area contributed by atoms with Crippen LogP contribution in [0, 0.1) is 0 Å². The molecule has 1 aromatic heterocycles. The van der Waals surface area contributed by atoms with Gasteiger partial charge in [0.25, 0.3) is 0 Å². The van der Waals surface area contributed by atoms with Gasteiger partial charge in [-0.2, -0.15) is 4.98 Å². The van der Waals surface area contributed by atoms with E-state index in [1.165, 1.54) is 11.8 Å². The average Bonchev–Trinajstić information content (AvgIpc) is 2.36. The molecule has 8 heteroatoms. The lowest BCUT2D eigenvalue weighted by Crippen LogP contribution is -2.46. The van der Waals surface area contributed by atoms with Crippen molar-refractivity contribution in [3.63, 3.8) is 0 Å². The third kappa shape index (κ3) is 2.04. The molecule has 2 unspecified atom stereocenters. The standard InChI is InChI=1S/C8H13N5O2S/c1-14-6-7(15-2)10-5-4(9-6)11-8(16-3)13-12-5/h6-7H,1-3H3,(H,10,12)(H,9,11,13). The number of anilines is 2. The van der Waals surface area contributed by atoms with Crippen LogP contribution in [0.1, 0.15) is 0 Å². The zero-order chi connectivity index (χ0) is 11.5. The highest BCUT2D eigenvalue weighted by Crippen LogP contribution is 2.25. The fourth-order valence-electron chi connectivity index (χ4n) is 1.38. The molecule has 2 heterocycles. The maximum Gasteiger partial charge on any atom is 0.210 e. The lowest BCUT2D eigenvalue weighted by Gasteiger charge is -2.31. The van der Waals surface area contributed by atoms with Crippen LogP contribution < -0.4 is 10.6 Å². The van der Waals surface area contributed by atoms with Gasteiger partial charge in [-0.15, -0.1) is 10.2 Å². The van der Waals surface area contributed by atoms with Gasteiger partial charge in [0, 0.05) is 14.2 Å². The zero-order valence-corrected chi connectivity index (χ0v) is 10.0. The van der Waals surface area contributed by atoms with Crippen LogP contribution in [-0.4, -0.2) is 48.1 Å². The molecule has 0 fully saturated rings. The number of nitrogens with one attached hydrogen (secondary N) is 2. The highest BCUT2D eigenvalue weighted by atomic mass is 32.2. The second-order valence-electron chi connectivity index (χ2n) is 3.10. The molecule has 0 radical (unpaired) electrons. The Balaban J connectivity index is 2.27. The van der Waals surface area contributed by atoms with Gasteiger partial charge in [-0.05, 0) is 6.26 Å². The molecule has 0 aromatic carbocycles. The highest BCUT2D eigenvalue weighted by molar-refractivity contribution is 7.98. The maximum absolute atomic E-state index is 5.23. The molecule has 1 aliphatic heterocycles. The minimum atomic E-state index is -0.311. The number of hydrogen-bond acceptors (Lipinski definition) is 8. The Hall–Kier alpha value is -1.12. The van der Waals surface area contributed by atoms with E-state index in [1.807, 2.05) is 6.26 Å². The SMILES string of the molecule is COC1Nc2nnc(SC)nc2NC1OC. The Morgan fingerprint density at radius 1 is 1.06 bits per heavy atom. The maximum atomic E-state index is 5.23. The van der Waals surface area contributed by atoms with Crippen LogP contribution in [0.2, 0.25) is 0 Å². The molecule has 0 amide bonds. The molecule has 2 atom stereocenters. The zero-order valence-electron chi connectivity index (χ0n) is 9.22. The summed E-state index contributed by atoms with van der Waals surface area (Å²) >= 11 is 1.43. The molecule has 16 heavy (non-hydrogen) atoms. The third-order valence-corrected chi connectivity index (χ3v) is 2.73. The number of methoxy groups -OCH3 is 2. The predicted molar refractivity (Wildman–Crippen MR) is 60.4 cm³/mol. The van der Waals surface area contributed by atoms with Crippen molar-refractivity contribution in [3.8, 4) is 0 Å². The van der Waals surface area contributed by atoms with Crippen molar-refractivity contribution in [2.24, 2.45) is 0 Å². The van der Waals surface area contributed by atoms with E-state index in [0.717, 1.165) is 0 Å². The number of aromatic nitrogens is 3. The summed E-state index contributed by atoms with van der Waals surface area (Å²) in [7, 11) is 3.19. The first kappa shape index (κ1) is 11.4. The van der Waals surface area contributed by atoms with Gasteiger partial charge in [0.1, 0.15) is 0 Å². The molecule has 1 aromatic rings. The second kappa shape index (κ2) is 4.81. The normalized spacial score (nSPS) is 23.2. The van der Waals surface area contributed by atoms with E-state index < -0.39 is 0 Å². The van der Waals surface area contributed by atoms with Crippen molar-refractivity contribution in [1.82, 2.24) is 15.2 Å². The van der Waals surface area contributed by atoms with Crippen molar-refractivity contribution >= 4 is 23.4 Å². The topological polar surface area (TPSA) is 81.2 Å². The van der Waals surface area contributed by atoms with E-state index in [9.17, 15) is 0 Å². The van der Waals surface area contributed by atoms with Crippen molar-refractivity contribution < 1.29 is 9.47 Å². The summed E-state index contributed by atoms with van der Waals surface area (Å²) in [4.78, 5) is 4.28. The second-order valence-corrected chi connectivity index (χ2v) is 3.87. The van der Waals surface area contributed by atoms with Crippen molar-refractivity contribution in [2.45, 2.75) is 17.6 Å². The molecule has 0 spiro atoms. The van der Waals surface area contributed by atoms with Gasteiger partial charge in [0.2, 0.25) is 5.16 Å². The van der Waals surface area contributed by atoms with Gasteiger partial charge in [0.05, 0.1) is 0 Å².